The molecule has 4 atom stereocenters. The molecule has 9 nitrogen and oxygen atoms in total. The number of rotatable bonds is 10. The van der Waals surface area contributed by atoms with Gasteiger partial charge < -0.3 is 29.2 Å². The summed E-state index contributed by atoms with van der Waals surface area (Å²) in [5, 5.41) is 2.67. The molecular weight excluding hydrogens is 606 g/mol. The van der Waals surface area contributed by atoms with Gasteiger partial charge in [0.1, 0.15) is 18.9 Å². The van der Waals surface area contributed by atoms with Gasteiger partial charge in [0.25, 0.3) is 0 Å². The minimum atomic E-state index is -0.775. The van der Waals surface area contributed by atoms with Crippen LogP contribution in [0.2, 0.25) is 0 Å². The second kappa shape index (κ2) is 14.1. The van der Waals surface area contributed by atoms with Crippen molar-refractivity contribution in [3.8, 4) is 0 Å². The van der Waals surface area contributed by atoms with Crippen LogP contribution in [0.4, 0.5) is 0 Å². The molecule has 0 saturated carbocycles. The minimum absolute atomic E-state index is 0. The van der Waals surface area contributed by atoms with Crippen molar-refractivity contribution in [2.24, 2.45) is 0 Å². The van der Waals surface area contributed by atoms with Crippen molar-refractivity contribution in [3.63, 3.8) is 0 Å². The van der Waals surface area contributed by atoms with Gasteiger partial charge in [-0.05, 0) is 20.3 Å². The maximum atomic E-state index is 12.2. The zero-order valence-electron chi connectivity index (χ0n) is 20.0. The van der Waals surface area contributed by atoms with E-state index in [0.717, 1.165) is 32.1 Å². The number of piperidine rings is 1. The predicted octanol–water partition coefficient (Wildman–Crippen LogP) is 2.36. The van der Waals surface area contributed by atoms with Crippen LogP contribution in [-0.2, 0) is 53.2 Å². The Morgan fingerprint density at radius 1 is 1.15 bits per heavy atom. The van der Waals surface area contributed by atoms with E-state index < -0.39 is 35.9 Å². The summed E-state index contributed by atoms with van der Waals surface area (Å²) in [5.74, 6) is -2.31. The van der Waals surface area contributed by atoms with E-state index in [1.54, 1.807) is 13.8 Å². The number of esters is 1. The van der Waals surface area contributed by atoms with Crippen LogP contribution in [-0.4, -0.2) is 65.8 Å². The standard InChI is InChI=1S/C17H26N2O6.C6H11O.Os/c1-4-5-6-7-12(20)23-9-10-8-11-13(25-17(2,3)24-11)14-18-15(21)16(22)19(10)14;1-2-3-4-5-6-7;/h10-11,13-14H,4-9H2,1-3H3,(H,18,21);2-5H2,1H3;/q;-1;+1. The van der Waals surface area contributed by atoms with Crippen molar-refractivity contribution in [2.45, 2.75) is 116 Å². The molecule has 0 aromatic rings. The van der Waals surface area contributed by atoms with Gasteiger partial charge in [-0.1, -0.05) is 46.0 Å². The fraction of sp³-hybridized carbons (Fsp3) is 0.826. The van der Waals surface area contributed by atoms with E-state index in [9.17, 15) is 19.2 Å². The van der Waals surface area contributed by atoms with Crippen molar-refractivity contribution < 1.29 is 53.2 Å². The van der Waals surface area contributed by atoms with Crippen molar-refractivity contribution in [3.05, 3.63) is 0 Å². The molecule has 0 bridgehead atoms. The van der Waals surface area contributed by atoms with Gasteiger partial charge >= 0.3 is 37.6 Å². The van der Waals surface area contributed by atoms with E-state index in [0.29, 0.717) is 19.3 Å². The molecule has 0 aliphatic carbocycles. The van der Waals surface area contributed by atoms with E-state index >= 15 is 0 Å². The second-order valence-electron chi connectivity index (χ2n) is 8.90. The maximum absolute atomic E-state index is 12.2. The van der Waals surface area contributed by atoms with Crippen LogP contribution < -0.4 is 5.32 Å². The molecule has 0 aromatic carbocycles. The molecule has 3 heterocycles. The fourth-order valence-corrected chi connectivity index (χ4v) is 4.21. The molecule has 33 heavy (non-hydrogen) atoms. The monoisotopic (exact) mass is 645 g/mol. The summed E-state index contributed by atoms with van der Waals surface area (Å²) in [6.45, 7) is 7.85. The molecule has 0 aromatic heterocycles. The Labute approximate surface area is 209 Å². The summed E-state index contributed by atoms with van der Waals surface area (Å²) in [6.07, 6.45) is 8.22. The van der Waals surface area contributed by atoms with Crippen LogP contribution in [0.25, 0.3) is 0 Å². The van der Waals surface area contributed by atoms with Gasteiger partial charge in [-0.15, -0.1) is 0 Å². The molecular formula is C23H37N2O7Os. The third-order valence-electron chi connectivity index (χ3n) is 5.74. The molecule has 3 aliphatic heterocycles. The third kappa shape index (κ3) is 8.42. The van der Waals surface area contributed by atoms with Crippen LogP contribution in [0, 0.1) is 0 Å². The van der Waals surface area contributed by atoms with Crippen LogP contribution in [0.1, 0.15) is 85.5 Å². The molecule has 3 saturated heterocycles. The van der Waals surface area contributed by atoms with Gasteiger partial charge in [0.15, 0.2) is 5.79 Å². The SMILES string of the molecule is CCCCCC(=O)OCC1CC2OC(C)(C)OC2C2NC(=O)C(=O)N12.CCCCC[C-]=O.[Os+]. The number of hydrogen-bond donors (Lipinski definition) is 1. The Kier molecular flexibility index (Phi) is 12.7. The molecule has 3 aliphatic rings. The smallest absolute Gasteiger partial charge is 0.542 e. The van der Waals surface area contributed by atoms with Crippen LogP contribution in [0.15, 0.2) is 0 Å². The van der Waals surface area contributed by atoms with Crippen molar-refractivity contribution >= 4 is 24.1 Å². The molecule has 1 N–H and O–H groups in total. The number of nitrogens with one attached hydrogen (secondary N) is 1. The topological polar surface area (TPSA) is 111 Å². The van der Waals surface area contributed by atoms with E-state index in [-0.39, 0.29) is 38.5 Å². The number of hydrogen-bond acceptors (Lipinski definition) is 7. The first-order valence-electron chi connectivity index (χ1n) is 11.7. The molecule has 189 valence electrons. The quantitative estimate of drug-likeness (QED) is 0.169. The predicted molar refractivity (Wildman–Crippen MR) is 116 cm³/mol. The number of carbonyl (C=O) groups is 3. The van der Waals surface area contributed by atoms with Crippen LogP contribution >= 0.6 is 0 Å². The van der Waals surface area contributed by atoms with E-state index in [1.165, 1.54) is 11.3 Å². The van der Waals surface area contributed by atoms with Crippen molar-refractivity contribution in [2.75, 3.05) is 6.61 Å². The van der Waals surface area contributed by atoms with E-state index in [1.807, 2.05) is 6.29 Å². The number of carbonyl (C=O) groups excluding carboxylic acids is 4. The molecule has 3 rings (SSSR count). The Morgan fingerprint density at radius 2 is 1.82 bits per heavy atom. The Morgan fingerprint density at radius 3 is 2.45 bits per heavy atom. The zero-order valence-corrected chi connectivity index (χ0v) is 22.6. The second-order valence-corrected chi connectivity index (χ2v) is 8.90. The van der Waals surface area contributed by atoms with Crippen LogP contribution in [0.5, 0.6) is 0 Å². The average Bonchev–Trinajstić information content (AvgIpc) is 3.22. The first-order chi connectivity index (χ1) is 15.2. The Balaban J connectivity index is 0.000000595. The molecule has 3 fully saturated rings. The Hall–Kier alpha value is -1.36. The van der Waals surface area contributed by atoms with Crippen molar-refractivity contribution in [1.82, 2.24) is 10.2 Å². The zero-order chi connectivity index (χ0) is 23.7. The number of fused-ring (bicyclic) bond motifs is 3. The summed E-state index contributed by atoms with van der Waals surface area (Å²) >= 11 is 0. The molecule has 2 amide bonds. The van der Waals surface area contributed by atoms with E-state index in [2.05, 4.69) is 19.2 Å². The summed E-state index contributed by atoms with van der Waals surface area (Å²) in [4.78, 5) is 46.9. The van der Waals surface area contributed by atoms with Gasteiger partial charge in [-0.3, -0.25) is 20.7 Å². The molecule has 10 heteroatoms. The third-order valence-corrected chi connectivity index (χ3v) is 5.74. The van der Waals surface area contributed by atoms with Crippen LogP contribution in [0.3, 0.4) is 0 Å². The first kappa shape index (κ1) is 29.7. The van der Waals surface area contributed by atoms with Gasteiger partial charge in [0.05, 0.1) is 12.1 Å². The average molecular weight is 644 g/mol. The maximum Gasteiger partial charge on any atom is 1.00 e. The van der Waals surface area contributed by atoms with Gasteiger partial charge in [0.2, 0.25) is 0 Å². The summed E-state index contributed by atoms with van der Waals surface area (Å²) in [6, 6.07) is -0.398. The van der Waals surface area contributed by atoms with Gasteiger partial charge in [0, 0.05) is 12.8 Å². The number of nitrogens with zero attached hydrogens (tertiary/aromatic N) is 1. The number of unbranched alkanes of at least 4 members (excludes halogenated alkanes) is 5. The first-order valence-corrected chi connectivity index (χ1v) is 11.7. The van der Waals surface area contributed by atoms with E-state index in [4.69, 9.17) is 14.2 Å². The molecule has 4 unspecified atom stereocenters. The molecule has 0 spiro atoms. The Bertz CT molecular complexity index is 673. The largest absolute Gasteiger partial charge is 1.00 e. The van der Waals surface area contributed by atoms with Gasteiger partial charge in [-0.2, -0.15) is 6.42 Å². The summed E-state index contributed by atoms with van der Waals surface area (Å²) in [7, 11) is 0. The summed E-state index contributed by atoms with van der Waals surface area (Å²) in [5.41, 5.74) is 0. The minimum Gasteiger partial charge on any atom is -0.542 e. The number of ether oxygens (including phenoxy) is 3. The molecule has 1 radical (unpaired) electrons. The normalized spacial score (nSPS) is 26.8. The number of amides is 2. The van der Waals surface area contributed by atoms with Crippen molar-refractivity contribution in [1.29, 1.82) is 0 Å². The fourth-order valence-electron chi connectivity index (χ4n) is 4.21. The van der Waals surface area contributed by atoms with Gasteiger partial charge in [-0.25, -0.2) is 0 Å². The summed E-state index contributed by atoms with van der Waals surface area (Å²) < 4.78 is 17.1.